The molecule has 0 saturated heterocycles. The van der Waals surface area contributed by atoms with Crippen LogP contribution in [-0.4, -0.2) is 25.1 Å². The van der Waals surface area contributed by atoms with Crippen LogP contribution in [0.4, 0.5) is 11.4 Å². The molecule has 0 fully saturated rings. The number of hydrogen-bond acceptors (Lipinski definition) is 6. The molecule has 0 aromatic heterocycles. The molecule has 0 atom stereocenters. The minimum absolute atomic E-state index is 0.0746. The third-order valence-corrected chi connectivity index (χ3v) is 3.79. The Bertz CT molecular complexity index is 966. The van der Waals surface area contributed by atoms with E-state index < -0.39 is 10.8 Å². The van der Waals surface area contributed by atoms with Crippen molar-refractivity contribution in [2.45, 2.75) is 0 Å². The molecule has 2 aromatic rings. The molecule has 9 heteroatoms. The van der Waals surface area contributed by atoms with Crippen molar-refractivity contribution in [2.24, 2.45) is 0 Å². The third-order valence-electron chi connectivity index (χ3n) is 3.49. The molecule has 8 nitrogen and oxygen atoms in total. The maximum atomic E-state index is 12.4. The number of methoxy groups -OCH3 is 2. The second-order valence-electron chi connectivity index (χ2n) is 5.16. The first-order valence-corrected chi connectivity index (χ1v) is 7.86. The van der Waals surface area contributed by atoms with E-state index in [1.807, 2.05) is 0 Å². The van der Waals surface area contributed by atoms with E-state index in [4.69, 9.17) is 21.1 Å². The number of ether oxygens (including phenoxy) is 2. The first kappa shape index (κ1) is 19.8. The van der Waals surface area contributed by atoms with E-state index in [-0.39, 0.29) is 22.7 Å². The van der Waals surface area contributed by atoms with Crippen molar-refractivity contribution < 1.29 is 19.2 Å². The molecule has 0 unspecified atom stereocenters. The summed E-state index contributed by atoms with van der Waals surface area (Å²) >= 11 is 6.03. The van der Waals surface area contributed by atoms with Gasteiger partial charge in [0, 0.05) is 12.1 Å². The molecule has 0 radical (unpaired) electrons. The van der Waals surface area contributed by atoms with Crippen LogP contribution in [0.3, 0.4) is 0 Å². The number of carbonyl (C=O) groups is 1. The van der Waals surface area contributed by atoms with Gasteiger partial charge in [-0.3, -0.25) is 14.9 Å². The summed E-state index contributed by atoms with van der Waals surface area (Å²) in [5, 5.41) is 23.0. The van der Waals surface area contributed by atoms with Crippen LogP contribution >= 0.6 is 11.6 Å². The van der Waals surface area contributed by atoms with E-state index >= 15 is 0 Å². The Morgan fingerprint density at radius 1 is 1.22 bits per heavy atom. The Labute approximate surface area is 159 Å². The lowest BCUT2D eigenvalue weighted by Crippen LogP contribution is -2.14. The van der Waals surface area contributed by atoms with Gasteiger partial charge in [0.1, 0.15) is 23.1 Å². The normalized spacial score (nSPS) is 10.7. The Morgan fingerprint density at radius 3 is 2.44 bits per heavy atom. The molecule has 138 valence electrons. The van der Waals surface area contributed by atoms with Crippen molar-refractivity contribution >= 4 is 35.0 Å². The average Bonchev–Trinajstić information content (AvgIpc) is 2.65. The van der Waals surface area contributed by atoms with Gasteiger partial charge >= 0.3 is 0 Å². The zero-order chi connectivity index (χ0) is 20.0. The van der Waals surface area contributed by atoms with E-state index in [9.17, 15) is 20.2 Å². The summed E-state index contributed by atoms with van der Waals surface area (Å²) in [6.45, 7) is 0. The van der Waals surface area contributed by atoms with Gasteiger partial charge in [0.05, 0.1) is 29.9 Å². The average molecular weight is 388 g/mol. The molecule has 27 heavy (non-hydrogen) atoms. The van der Waals surface area contributed by atoms with Crippen molar-refractivity contribution in [3.05, 3.63) is 62.7 Å². The number of nitrogens with zero attached hydrogens (tertiary/aromatic N) is 2. The molecule has 0 aliphatic rings. The number of nitrogens with one attached hydrogen (secondary N) is 1. The predicted molar refractivity (Wildman–Crippen MR) is 99.9 cm³/mol. The number of nitriles is 1. The van der Waals surface area contributed by atoms with Gasteiger partial charge in [-0.25, -0.2) is 0 Å². The van der Waals surface area contributed by atoms with Gasteiger partial charge in [0.15, 0.2) is 0 Å². The molecular weight excluding hydrogens is 374 g/mol. The Balaban J connectivity index is 2.33. The van der Waals surface area contributed by atoms with Crippen molar-refractivity contribution in [3.8, 4) is 17.6 Å². The van der Waals surface area contributed by atoms with Crippen LogP contribution in [0.2, 0.25) is 5.02 Å². The first-order valence-electron chi connectivity index (χ1n) is 7.48. The molecule has 0 saturated carbocycles. The zero-order valence-electron chi connectivity index (χ0n) is 14.4. The van der Waals surface area contributed by atoms with E-state index in [1.165, 1.54) is 32.4 Å². The van der Waals surface area contributed by atoms with E-state index in [0.29, 0.717) is 16.3 Å². The summed E-state index contributed by atoms with van der Waals surface area (Å²) in [5.41, 5.74) is 0.143. The number of carbonyl (C=O) groups excluding carboxylic acids is 1. The molecule has 1 N–H and O–H groups in total. The number of benzene rings is 2. The molecular formula is C18H14ClN3O5. The maximum Gasteiger partial charge on any atom is 0.271 e. The standard InChI is InChI=1S/C18H14ClN3O5/c1-26-16-5-3-11(8-14(16)19)7-12(10-20)18(23)21-15-9-13(22(24)25)4-6-17(15)27-2/h3-9H,1-2H3,(H,21,23). The minimum atomic E-state index is -0.747. The van der Waals surface area contributed by atoms with E-state index in [0.717, 1.165) is 6.07 Å². The fraction of sp³-hybridized carbons (Fsp3) is 0.111. The lowest BCUT2D eigenvalue weighted by atomic mass is 10.1. The summed E-state index contributed by atoms with van der Waals surface area (Å²) in [7, 11) is 2.83. The number of halogens is 1. The quantitative estimate of drug-likeness (QED) is 0.349. The zero-order valence-corrected chi connectivity index (χ0v) is 15.1. The van der Waals surface area contributed by atoms with Crippen LogP contribution in [0, 0.1) is 21.4 Å². The Hall–Kier alpha value is -3.57. The molecule has 0 spiro atoms. The van der Waals surface area contributed by atoms with Gasteiger partial charge in [0.25, 0.3) is 11.6 Å². The van der Waals surface area contributed by atoms with Gasteiger partial charge in [-0.15, -0.1) is 0 Å². The number of amides is 1. The molecule has 0 bridgehead atoms. The number of non-ortho nitro benzene ring substituents is 1. The Morgan fingerprint density at radius 2 is 1.89 bits per heavy atom. The first-order chi connectivity index (χ1) is 12.9. The highest BCUT2D eigenvalue weighted by Gasteiger charge is 2.16. The van der Waals surface area contributed by atoms with Crippen LogP contribution in [0.25, 0.3) is 6.08 Å². The molecule has 2 rings (SSSR count). The van der Waals surface area contributed by atoms with Crippen molar-refractivity contribution in [1.29, 1.82) is 5.26 Å². The van der Waals surface area contributed by atoms with Crippen molar-refractivity contribution in [2.75, 3.05) is 19.5 Å². The number of rotatable bonds is 6. The fourth-order valence-electron chi connectivity index (χ4n) is 2.18. The van der Waals surface area contributed by atoms with E-state index in [2.05, 4.69) is 5.32 Å². The summed E-state index contributed by atoms with van der Waals surface area (Å²) in [4.78, 5) is 22.7. The lowest BCUT2D eigenvalue weighted by molar-refractivity contribution is -0.384. The highest BCUT2D eigenvalue weighted by atomic mass is 35.5. The van der Waals surface area contributed by atoms with Gasteiger partial charge < -0.3 is 14.8 Å². The van der Waals surface area contributed by atoms with Crippen molar-refractivity contribution in [1.82, 2.24) is 0 Å². The number of anilines is 1. The number of nitro groups is 1. The van der Waals surface area contributed by atoms with Gasteiger partial charge in [0.2, 0.25) is 0 Å². The Kier molecular flexibility index (Phi) is 6.36. The van der Waals surface area contributed by atoms with Crippen LogP contribution in [0.15, 0.2) is 42.0 Å². The van der Waals surface area contributed by atoms with Gasteiger partial charge in [-0.1, -0.05) is 17.7 Å². The summed E-state index contributed by atoms with van der Waals surface area (Å²) in [6, 6.07) is 10.3. The van der Waals surface area contributed by atoms with Crippen LogP contribution in [0.1, 0.15) is 5.56 Å². The van der Waals surface area contributed by atoms with Crippen molar-refractivity contribution in [3.63, 3.8) is 0 Å². The smallest absolute Gasteiger partial charge is 0.271 e. The molecule has 0 aliphatic heterocycles. The van der Waals surface area contributed by atoms with Crippen LogP contribution < -0.4 is 14.8 Å². The maximum absolute atomic E-state index is 12.4. The second-order valence-corrected chi connectivity index (χ2v) is 5.57. The van der Waals surface area contributed by atoms with Crippen LogP contribution in [-0.2, 0) is 4.79 Å². The number of nitro benzene ring substituents is 1. The molecule has 0 aliphatic carbocycles. The minimum Gasteiger partial charge on any atom is -0.495 e. The van der Waals surface area contributed by atoms with Gasteiger partial charge in [-0.05, 0) is 29.8 Å². The molecule has 0 heterocycles. The summed E-state index contributed by atoms with van der Waals surface area (Å²) in [6.07, 6.45) is 1.34. The summed E-state index contributed by atoms with van der Waals surface area (Å²) < 4.78 is 10.1. The largest absolute Gasteiger partial charge is 0.495 e. The van der Waals surface area contributed by atoms with Gasteiger partial charge in [-0.2, -0.15) is 5.26 Å². The predicted octanol–water partition coefficient (Wildman–Crippen LogP) is 3.81. The third kappa shape index (κ3) is 4.74. The fourth-order valence-corrected chi connectivity index (χ4v) is 2.45. The second kappa shape index (κ2) is 8.69. The monoisotopic (exact) mass is 387 g/mol. The highest BCUT2D eigenvalue weighted by molar-refractivity contribution is 6.32. The summed E-state index contributed by atoms with van der Waals surface area (Å²) in [5.74, 6) is -0.0694. The topological polar surface area (TPSA) is 114 Å². The number of hydrogen-bond donors (Lipinski definition) is 1. The SMILES string of the molecule is COc1ccc(C=C(C#N)C(=O)Nc2cc([N+](=O)[O-])ccc2OC)cc1Cl. The van der Waals surface area contributed by atoms with Crippen LogP contribution in [0.5, 0.6) is 11.5 Å². The van der Waals surface area contributed by atoms with E-state index in [1.54, 1.807) is 24.3 Å². The molecule has 1 amide bonds. The molecule has 2 aromatic carbocycles. The highest BCUT2D eigenvalue weighted by Crippen LogP contribution is 2.30. The lowest BCUT2D eigenvalue weighted by Gasteiger charge is -2.09.